The number of rotatable bonds is 4. The number of benzene rings is 1. The fraction of sp³-hybridized carbons (Fsp3) is 0.238. The Hall–Kier alpha value is -2.76. The van der Waals surface area contributed by atoms with Gasteiger partial charge in [-0.2, -0.15) is 5.26 Å². The lowest BCUT2D eigenvalue weighted by Crippen LogP contribution is -2.38. The number of hydrogen-bond acceptors (Lipinski definition) is 6. The maximum atomic E-state index is 12.5. The molecule has 6 nitrogen and oxygen atoms in total. The fourth-order valence-electron chi connectivity index (χ4n) is 3.32. The van der Waals surface area contributed by atoms with Crippen LogP contribution in [0.2, 0.25) is 0 Å². The highest BCUT2D eigenvalue weighted by molar-refractivity contribution is 9.11. The highest BCUT2D eigenvalue weighted by atomic mass is 79.9. The molecule has 1 fully saturated rings. The fourth-order valence-corrected chi connectivity index (χ4v) is 4.67. The molecule has 2 aromatic heterocycles. The van der Waals surface area contributed by atoms with E-state index in [1.807, 2.05) is 24.3 Å². The lowest BCUT2D eigenvalue weighted by atomic mass is 9.95. The van der Waals surface area contributed by atoms with Crippen LogP contribution >= 0.6 is 27.3 Å². The number of nitrogens with zero attached hydrogens (tertiary/aromatic N) is 4. The number of amides is 1. The van der Waals surface area contributed by atoms with Crippen LogP contribution in [-0.2, 0) is 4.79 Å². The second-order valence-corrected chi connectivity index (χ2v) is 9.28. The first kappa shape index (κ1) is 19.6. The van der Waals surface area contributed by atoms with Gasteiger partial charge in [0.1, 0.15) is 5.69 Å². The van der Waals surface area contributed by atoms with Crippen LogP contribution in [0.25, 0.3) is 10.6 Å². The highest BCUT2D eigenvalue weighted by Gasteiger charge is 2.26. The summed E-state index contributed by atoms with van der Waals surface area (Å²) >= 11 is 5.10. The normalized spacial score (nSPS) is 14.4. The van der Waals surface area contributed by atoms with Gasteiger partial charge in [-0.3, -0.25) is 4.79 Å². The van der Waals surface area contributed by atoms with E-state index in [2.05, 4.69) is 42.4 Å². The topological polar surface area (TPSA) is 81.9 Å². The van der Waals surface area contributed by atoms with Crippen LogP contribution in [0.5, 0.6) is 0 Å². The standard InChI is InChI=1S/C21H18BrN5OS/c22-19-7-6-18(29-19)17-5-8-20(26-25-17)27-11-9-15(10-12-27)21(28)24-16-3-1-14(13-23)2-4-16/h1-8,15H,9-12H2,(H,24,28). The maximum Gasteiger partial charge on any atom is 0.227 e. The van der Waals surface area contributed by atoms with Gasteiger partial charge >= 0.3 is 0 Å². The Morgan fingerprint density at radius 3 is 2.45 bits per heavy atom. The second kappa shape index (κ2) is 8.72. The zero-order chi connectivity index (χ0) is 20.2. The van der Waals surface area contributed by atoms with Crippen molar-refractivity contribution >= 4 is 44.7 Å². The van der Waals surface area contributed by atoms with E-state index < -0.39 is 0 Å². The van der Waals surface area contributed by atoms with Crippen molar-refractivity contribution in [2.75, 3.05) is 23.3 Å². The summed E-state index contributed by atoms with van der Waals surface area (Å²) in [6.07, 6.45) is 1.53. The number of nitriles is 1. The largest absolute Gasteiger partial charge is 0.355 e. The van der Waals surface area contributed by atoms with Crippen molar-refractivity contribution in [1.82, 2.24) is 10.2 Å². The number of carbonyl (C=O) groups excluding carboxylic acids is 1. The van der Waals surface area contributed by atoms with Crippen molar-refractivity contribution in [2.24, 2.45) is 5.92 Å². The van der Waals surface area contributed by atoms with Gasteiger partial charge < -0.3 is 10.2 Å². The molecule has 0 bridgehead atoms. The first-order valence-corrected chi connectivity index (χ1v) is 10.9. The quantitative estimate of drug-likeness (QED) is 0.601. The van der Waals surface area contributed by atoms with Gasteiger partial charge in [-0.25, -0.2) is 0 Å². The molecule has 0 saturated carbocycles. The molecule has 0 spiro atoms. The summed E-state index contributed by atoms with van der Waals surface area (Å²) in [5.41, 5.74) is 2.16. The second-order valence-electron chi connectivity index (χ2n) is 6.82. The Morgan fingerprint density at radius 2 is 1.86 bits per heavy atom. The van der Waals surface area contributed by atoms with E-state index in [0.29, 0.717) is 5.56 Å². The van der Waals surface area contributed by atoms with Crippen molar-refractivity contribution in [3.8, 4) is 16.6 Å². The molecule has 0 radical (unpaired) electrons. The molecule has 8 heteroatoms. The van der Waals surface area contributed by atoms with E-state index in [0.717, 1.165) is 51.8 Å². The molecule has 0 unspecified atom stereocenters. The molecule has 3 heterocycles. The Balaban J connectivity index is 1.32. The molecule has 1 amide bonds. The van der Waals surface area contributed by atoms with Gasteiger partial charge in [0.2, 0.25) is 5.91 Å². The minimum Gasteiger partial charge on any atom is -0.355 e. The monoisotopic (exact) mass is 467 g/mol. The lowest BCUT2D eigenvalue weighted by molar-refractivity contribution is -0.120. The third-order valence-corrected chi connectivity index (χ3v) is 6.59. The Labute approximate surface area is 181 Å². The molecule has 1 aromatic carbocycles. The van der Waals surface area contributed by atoms with Gasteiger partial charge in [0, 0.05) is 24.7 Å². The molecule has 1 N–H and O–H groups in total. The van der Waals surface area contributed by atoms with Crippen LogP contribution < -0.4 is 10.2 Å². The molecular weight excluding hydrogens is 450 g/mol. The minimum absolute atomic E-state index is 0.0269. The van der Waals surface area contributed by atoms with Gasteiger partial charge in [0.15, 0.2) is 5.82 Å². The number of hydrogen-bond donors (Lipinski definition) is 1. The smallest absolute Gasteiger partial charge is 0.227 e. The Kier molecular flexibility index (Phi) is 5.88. The first-order chi connectivity index (χ1) is 14.1. The molecule has 3 aromatic rings. The highest BCUT2D eigenvalue weighted by Crippen LogP contribution is 2.30. The summed E-state index contributed by atoms with van der Waals surface area (Å²) < 4.78 is 1.07. The minimum atomic E-state index is -0.0300. The third kappa shape index (κ3) is 4.63. The summed E-state index contributed by atoms with van der Waals surface area (Å²) in [5, 5.41) is 20.5. The molecule has 0 atom stereocenters. The van der Waals surface area contributed by atoms with Crippen LogP contribution in [0.3, 0.4) is 0 Å². The number of piperidine rings is 1. The summed E-state index contributed by atoms with van der Waals surface area (Å²) in [6, 6.07) is 17.0. The molecule has 1 saturated heterocycles. The summed E-state index contributed by atoms with van der Waals surface area (Å²) in [5.74, 6) is 0.840. The first-order valence-electron chi connectivity index (χ1n) is 9.28. The van der Waals surface area contributed by atoms with Gasteiger partial charge in [0.25, 0.3) is 0 Å². The average molecular weight is 468 g/mol. The third-order valence-electron chi connectivity index (χ3n) is 4.95. The van der Waals surface area contributed by atoms with E-state index in [9.17, 15) is 4.79 Å². The molecule has 29 heavy (non-hydrogen) atoms. The number of halogens is 1. The molecule has 4 rings (SSSR count). The van der Waals surface area contributed by atoms with Gasteiger partial charge in [-0.05, 0) is 77.3 Å². The van der Waals surface area contributed by atoms with Gasteiger partial charge in [-0.1, -0.05) is 0 Å². The van der Waals surface area contributed by atoms with Gasteiger partial charge in [0.05, 0.1) is 20.3 Å². The number of aromatic nitrogens is 2. The van der Waals surface area contributed by atoms with Crippen LogP contribution in [0.4, 0.5) is 11.5 Å². The van der Waals surface area contributed by atoms with E-state index in [1.165, 1.54) is 0 Å². The van der Waals surface area contributed by atoms with Crippen molar-refractivity contribution in [1.29, 1.82) is 5.26 Å². The van der Waals surface area contributed by atoms with Crippen LogP contribution in [0.1, 0.15) is 18.4 Å². The van der Waals surface area contributed by atoms with Crippen LogP contribution in [-0.4, -0.2) is 29.2 Å². The van der Waals surface area contributed by atoms with E-state index in [1.54, 1.807) is 35.6 Å². The van der Waals surface area contributed by atoms with Crippen LogP contribution in [0.15, 0.2) is 52.3 Å². The van der Waals surface area contributed by atoms with Crippen molar-refractivity contribution in [3.05, 3.63) is 57.9 Å². The van der Waals surface area contributed by atoms with Crippen molar-refractivity contribution < 1.29 is 4.79 Å². The number of nitrogens with one attached hydrogen (secondary N) is 1. The summed E-state index contributed by atoms with van der Waals surface area (Å²) in [7, 11) is 0. The number of thiophene rings is 1. The molecule has 1 aliphatic heterocycles. The predicted octanol–water partition coefficient (Wildman–Crippen LogP) is 4.69. The molecular formula is C21H18BrN5OS. The predicted molar refractivity (Wildman–Crippen MR) is 118 cm³/mol. The average Bonchev–Trinajstić information content (AvgIpc) is 3.21. The Bertz CT molecular complexity index is 1030. The van der Waals surface area contributed by atoms with Crippen molar-refractivity contribution in [2.45, 2.75) is 12.8 Å². The van der Waals surface area contributed by atoms with Crippen molar-refractivity contribution in [3.63, 3.8) is 0 Å². The lowest BCUT2D eigenvalue weighted by Gasteiger charge is -2.31. The van der Waals surface area contributed by atoms with E-state index in [4.69, 9.17) is 5.26 Å². The van der Waals surface area contributed by atoms with Crippen LogP contribution in [0, 0.1) is 17.2 Å². The van der Waals surface area contributed by atoms with Gasteiger partial charge in [-0.15, -0.1) is 21.5 Å². The number of carbonyl (C=O) groups is 1. The maximum absolute atomic E-state index is 12.5. The van der Waals surface area contributed by atoms with E-state index in [-0.39, 0.29) is 11.8 Å². The zero-order valence-corrected chi connectivity index (χ0v) is 17.9. The van der Waals surface area contributed by atoms with E-state index >= 15 is 0 Å². The Morgan fingerprint density at radius 1 is 1.10 bits per heavy atom. The number of anilines is 2. The summed E-state index contributed by atoms with van der Waals surface area (Å²) in [6.45, 7) is 1.54. The SMILES string of the molecule is N#Cc1ccc(NC(=O)C2CCN(c3ccc(-c4ccc(Br)s4)nn3)CC2)cc1. The molecule has 0 aliphatic carbocycles. The zero-order valence-electron chi connectivity index (χ0n) is 15.5. The molecule has 146 valence electrons. The molecule has 1 aliphatic rings. The summed E-state index contributed by atoms with van der Waals surface area (Å²) in [4.78, 5) is 15.8.